The highest BCUT2D eigenvalue weighted by molar-refractivity contribution is 6.30. The number of carbonyl (C=O) groups is 2. The van der Waals surface area contributed by atoms with E-state index in [1.54, 1.807) is 23.1 Å². The Labute approximate surface area is 134 Å². The molecule has 22 heavy (non-hydrogen) atoms. The quantitative estimate of drug-likeness (QED) is 0.845. The number of para-hydroxylation sites is 1. The Morgan fingerprint density at radius 1 is 1.18 bits per heavy atom. The van der Waals surface area contributed by atoms with Gasteiger partial charge in [-0.15, -0.1) is 0 Å². The molecule has 1 heterocycles. The third-order valence-corrected chi connectivity index (χ3v) is 4.19. The first-order valence-electron chi connectivity index (χ1n) is 7.24. The first-order chi connectivity index (χ1) is 10.6. The number of carbonyl (C=O) groups excluding carboxylic acids is 2. The number of halogens is 1. The van der Waals surface area contributed by atoms with Crippen LogP contribution in [0, 0.1) is 6.92 Å². The highest BCUT2D eigenvalue weighted by Crippen LogP contribution is 2.31. The van der Waals surface area contributed by atoms with Crippen molar-refractivity contribution in [3.8, 4) is 0 Å². The van der Waals surface area contributed by atoms with Crippen LogP contribution >= 0.6 is 11.6 Å². The molecule has 0 unspecified atom stereocenters. The molecule has 0 radical (unpaired) electrons. The van der Waals surface area contributed by atoms with Crippen LogP contribution in [0.2, 0.25) is 5.02 Å². The SMILES string of the molecule is Cc1cccc2c1N(C(=O)Cc1ccc(Cl)cc1)CCC2=O. The molecule has 112 valence electrons. The van der Waals surface area contributed by atoms with Crippen LogP contribution in [-0.2, 0) is 11.2 Å². The number of benzene rings is 2. The minimum Gasteiger partial charge on any atom is -0.311 e. The number of Topliss-reactive ketones (excluding diaryl/α,β-unsaturated/α-hetero) is 1. The van der Waals surface area contributed by atoms with Crippen LogP contribution in [0.5, 0.6) is 0 Å². The van der Waals surface area contributed by atoms with Crippen LogP contribution in [0.4, 0.5) is 5.69 Å². The van der Waals surface area contributed by atoms with E-state index in [1.165, 1.54) is 0 Å². The fourth-order valence-corrected chi connectivity index (χ4v) is 2.95. The van der Waals surface area contributed by atoms with Gasteiger partial charge in [-0.3, -0.25) is 9.59 Å². The Morgan fingerprint density at radius 3 is 2.64 bits per heavy atom. The standard InChI is InChI=1S/C18H16ClNO2/c1-12-3-2-4-15-16(21)9-10-20(18(12)15)17(22)11-13-5-7-14(19)8-6-13/h2-8H,9-11H2,1H3. The highest BCUT2D eigenvalue weighted by atomic mass is 35.5. The van der Waals surface area contributed by atoms with Gasteiger partial charge in [0, 0.05) is 23.6 Å². The smallest absolute Gasteiger partial charge is 0.231 e. The van der Waals surface area contributed by atoms with Gasteiger partial charge < -0.3 is 4.90 Å². The van der Waals surface area contributed by atoms with E-state index in [0.29, 0.717) is 30.0 Å². The molecular formula is C18H16ClNO2. The summed E-state index contributed by atoms with van der Waals surface area (Å²) in [4.78, 5) is 26.4. The topological polar surface area (TPSA) is 37.4 Å². The molecule has 4 heteroatoms. The number of aryl methyl sites for hydroxylation is 1. The first kappa shape index (κ1) is 14.8. The number of hydrogen-bond donors (Lipinski definition) is 0. The summed E-state index contributed by atoms with van der Waals surface area (Å²) in [7, 11) is 0. The fourth-order valence-electron chi connectivity index (χ4n) is 2.82. The minimum absolute atomic E-state index is 0.00497. The summed E-state index contributed by atoms with van der Waals surface area (Å²) in [5, 5.41) is 0.654. The predicted molar refractivity (Wildman–Crippen MR) is 87.6 cm³/mol. The third kappa shape index (κ3) is 2.77. The average Bonchev–Trinajstić information content (AvgIpc) is 2.51. The number of hydrogen-bond acceptors (Lipinski definition) is 2. The van der Waals surface area contributed by atoms with Gasteiger partial charge in [0.05, 0.1) is 12.1 Å². The molecular weight excluding hydrogens is 298 g/mol. The number of anilines is 1. The van der Waals surface area contributed by atoms with Gasteiger partial charge in [0.15, 0.2) is 5.78 Å². The molecule has 2 aromatic carbocycles. The maximum absolute atomic E-state index is 12.7. The maximum Gasteiger partial charge on any atom is 0.231 e. The molecule has 0 saturated heterocycles. The Hall–Kier alpha value is -2.13. The van der Waals surface area contributed by atoms with Gasteiger partial charge in [0.1, 0.15) is 0 Å². The molecule has 3 rings (SSSR count). The molecule has 1 amide bonds. The van der Waals surface area contributed by atoms with E-state index in [-0.39, 0.29) is 11.7 Å². The van der Waals surface area contributed by atoms with E-state index in [1.807, 2.05) is 31.2 Å². The van der Waals surface area contributed by atoms with Crippen LogP contribution in [-0.4, -0.2) is 18.2 Å². The van der Waals surface area contributed by atoms with Crippen LogP contribution in [0.15, 0.2) is 42.5 Å². The number of nitrogens with zero attached hydrogens (tertiary/aromatic N) is 1. The highest BCUT2D eigenvalue weighted by Gasteiger charge is 2.28. The molecule has 0 spiro atoms. The van der Waals surface area contributed by atoms with E-state index in [9.17, 15) is 9.59 Å². The van der Waals surface area contributed by atoms with Gasteiger partial charge in [-0.25, -0.2) is 0 Å². The van der Waals surface area contributed by atoms with Gasteiger partial charge in [0.25, 0.3) is 0 Å². The minimum atomic E-state index is 0.00497. The largest absolute Gasteiger partial charge is 0.311 e. The van der Waals surface area contributed by atoms with Crippen LogP contribution in [0.25, 0.3) is 0 Å². The zero-order valence-corrected chi connectivity index (χ0v) is 13.1. The normalized spacial score (nSPS) is 13.9. The van der Waals surface area contributed by atoms with Crippen molar-refractivity contribution in [1.82, 2.24) is 0 Å². The van der Waals surface area contributed by atoms with Gasteiger partial charge in [0.2, 0.25) is 5.91 Å². The Balaban J connectivity index is 1.89. The number of ketones is 1. The molecule has 0 aromatic heterocycles. The second-order valence-corrected chi connectivity index (χ2v) is 5.93. The molecule has 0 aliphatic carbocycles. The predicted octanol–water partition coefficient (Wildman–Crippen LogP) is 3.81. The van der Waals surface area contributed by atoms with Gasteiger partial charge in [-0.2, -0.15) is 0 Å². The van der Waals surface area contributed by atoms with Crippen LogP contribution in [0.1, 0.15) is 27.9 Å². The van der Waals surface area contributed by atoms with Crippen molar-refractivity contribution >= 4 is 29.0 Å². The summed E-state index contributed by atoms with van der Waals surface area (Å²) >= 11 is 5.87. The molecule has 1 aliphatic heterocycles. The Morgan fingerprint density at radius 2 is 1.91 bits per heavy atom. The zero-order chi connectivity index (χ0) is 15.7. The molecule has 0 saturated carbocycles. The summed E-state index contributed by atoms with van der Waals surface area (Å²) in [6, 6.07) is 12.9. The van der Waals surface area contributed by atoms with Gasteiger partial charge in [-0.05, 0) is 36.2 Å². The van der Waals surface area contributed by atoms with E-state index in [0.717, 1.165) is 16.8 Å². The van der Waals surface area contributed by atoms with Crippen molar-refractivity contribution in [2.75, 3.05) is 11.4 Å². The van der Waals surface area contributed by atoms with Crippen molar-refractivity contribution in [3.63, 3.8) is 0 Å². The van der Waals surface area contributed by atoms with Crippen molar-refractivity contribution in [2.45, 2.75) is 19.8 Å². The Kier molecular flexibility index (Phi) is 3.99. The number of amides is 1. The number of rotatable bonds is 2. The summed E-state index contributed by atoms with van der Waals surface area (Å²) in [5.74, 6) is 0.111. The monoisotopic (exact) mass is 313 g/mol. The average molecular weight is 314 g/mol. The van der Waals surface area contributed by atoms with Crippen LogP contribution < -0.4 is 4.90 Å². The second kappa shape index (κ2) is 5.93. The van der Waals surface area contributed by atoms with Crippen molar-refractivity contribution in [1.29, 1.82) is 0 Å². The van der Waals surface area contributed by atoms with E-state index in [4.69, 9.17) is 11.6 Å². The summed E-state index contributed by atoms with van der Waals surface area (Å²) in [5.41, 5.74) is 3.28. The van der Waals surface area contributed by atoms with Crippen LogP contribution in [0.3, 0.4) is 0 Å². The summed E-state index contributed by atoms with van der Waals surface area (Å²) < 4.78 is 0. The van der Waals surface area contributed by atoms with E-state index < -0.39 is 0 Å². The van der Waals surface area contributed by atoms with Gasteiger partial charge >= 0.3 is 0 Å². The maximum atomic E-state index is 12.7. The number of fused-ring (bicyclic) bond motifs is 1. The Bertz CT molecular complexity index is 737. The summed E-state index contributed by atoms with van der Waals surface area (Å²) in [6.45, 7) is 2.38. The third-order valence-electron chi connectivity index (χ3n) is 3.94. The molecule has 2 aromatic rings. The van der Waals surface area contributed by atoms with Crippen molar-refractivity contribution in [2.24, 2.45) is 0 Å². The lowest BCUT2D eigenvalue weighted by Crippen LogP contribution is -2.38. The molecule has 1 aliphatic rings. The van der Waals surface area contributed by atoms with Crippen molar-refractivity contribution < 1.29 is 9.59 Å². The molecule has 0 fully saturated rings. The zero-order valence-electron chi connectivity index (χ0n) is 12.3. The molecule has 3 nitrogen and oxygen atoms in total. The van der Waals surface area contributed by atoms with E-state index >= 15 is 0 Å². The van der Waals surface area contributed by atoms with Crippen molar-refractivity contribution in [3.05, 3.63) is 64.2 Å². The summed E-state index contributed by atoms with van der Waals surface area (Å²) in [6.07, 6.45) is 0.682. The molecule has 0 N–H and O–H groups in total. The molecule has 0 atom stereocenters. The first-order valence-corrected chi connectivity index (χ1v) is 7.61. The van der Waals surface area contributed by atoms with Gasteiger partial charge in [-0.1, -0.05) is 35.9 Å². The molecule has 0 bridgehead atoms. The fraction of sp³-hybridized carbons (Fsp3) is 0.222. The lowest BCUT2D eigenvalue weighted by atomic mass is 9.96. The second-order valence-electron chi connectivity index (χ2n) is 5.49. The lowest BCUT2D eigenvalue weighted by Gasteiger charge is -2.30. The lowest BCUT2D eigenvalue weighted by molar-refractivity contribution is -0.118. The van der Waals surface area contributed by atoms with E-state index in [2.05, 4.69) is 0 Å².